The van der Waals surface area contributed by atoms with Crippen molar-refractivity contribution in [3.8, 4) is 0 Å². The molecule has 1 fully saturated rings. The van der Waals surface area contributed by atoms with E-state index < -0.39 is 0 Å². The highest BCUT2D eigenvalue weighted by atomic mass is 35.5. The molecule has 0 bridgehead atoms. The third kappa shape index (κ3) is 3.98. The number of nitrogens with one attached hydrogen (secondary N) is 1. The number of ether oxygens (including phenoxy) is 1. The molecule has 1 heterocycles. The molecule has 100 valence electrons. The van der Waals surface area contributed by atoms with E-state index in [1.807, 2.05) is 30.3 Å². The Kier molecular flexibility index (Phi) is 6.12. The van der Waals surface area contributed by atoms with Gasteiger partial charge in [0.1, 0.15) is 6.10 Å². The van der Waals surface area contributed by atoms with Gasteiger partial charge in [0.25, 0.3) is 0 Å². The van der Waals surface area contributed by atoms with Crippen molar-refractivity contribution in [2.75, 3.05) is 13.2 Å². The van der Waals surface area contributed by atoms with E-state index in [2.05, 4.69) is 5.32 Å². The molecule has 1 saturated heterocycles. The second-order valence-electron chi connectivity index (χ2n) is 4.26. The summed E-state index contributed by atoms with van der Waals surface area (Å²) in [7, 11) is 0. The van der Waals surface area contributed by atoms with Crippen molar-refractivity contribution in [2.45, 2.75) is 25.0 Å². The minimum atomic E-state index is -0.280. The van der Waals surface area contributed by atoms with Crippen molar-refractivity contribution >= 4 is 18.3 Å². The van der Waals surface area contributed by atoms with Gasteiger partial charge in [-0.1, -0.05) is 30.3 Å². The maximum absolute atomic E-state index is 11.7. The molecule has 2 rings (SSSR count). The average molecular weight is 271 g/mol. The van der Waals surface area contributed by atoms with E-state index in [0.29, 0.717) is 13.2 Å². The molecule has 1 aromatic carbocycles. The first kappa shape index (κ1) is 15.0. The Morgan fingerprint density at radius 1 is 1.44 bits per heavy atom. The van der Waals surface area contributed by atoms with Crippen LogP contribution in [0.25, 0.3) is 0 Å². The maximum Gasteiger partial charge on any atom is 0.249 e. The molecule has 1 aliphatic rings. The van der Waals surface area contributed by atoms with Crippen LogP contribution in [0, 0.1) is 0 Å². The number of benzene rings is 1. The van der Waals surface area contributed by atoms with Gasteiger partial charge >= 0.3 is 0 Å². The summed E-state index contributed by atoms with van der Waals surface area (Å²) in [4.78, 5) is 11.7. The molecule has 3 N–H and O–H groups in total. The quantitative estimate of drug-likeness (QED) is 0.869. The van der Waals surface area contributed by atoms with Crippen LogP contribution in [0.1, 0.15) is 24.4 Å². The first-order valence-corrected chi connectivity index (χ1v) is 5.97. The number of rotatable bonds is 4. The van der Waals surface area contributed by atoms with Crippen LogP contribution in [0.15, 0.2) is 30.3 Å². The summed E-state index contributed by atoms with van der Waals surface area (Å²) in [6, 6.07) is 9.59. The molecule has 5 heteroatoms. The zero-order valence-electron chi connectivity index (χ0n) is 10.2. The number of carbonyl (C=O) groups excluding carboxylic acids is 1. The average Bonchev–Trinajstić information content (AvgIpc) is 2.90. The summed E-state index contributed by atoms with van der Waals surface area (Å²) in [5.74, 6) is -0.0473. The molecule has 0 spiro atoms. The summed E-state index contributed by atoms with van der Waals surface area (Å²) in [6.07, 6.45) is 1.49. The van der Waals surface area contributed by atoms with E-state index in [1.165, 1.54) is 0 Å². The van der Waals surface area contributed by atoms with Crippen molar-refractivity contribution in [1.82, 2.24) is 5.32 Å². The molecular weight excluding hydrogens is 252 g/mol. The van der Waals surface area contributed by atoms with Crippen LogP contribution in [0.5, 0.6) is 0 Å². The van der Waals surface area contributed by atoms with Gasteiger partial charge in [-0.15, -0.1) is 12.4 Å². The zero-order chi connectivity index (χ0) is 12.1. The summed E-state index contributed by atoms with van der Waals surface area (Å²) < 4.78 is 5.30. The first-order valence-electron chi connectivity index (χ1n) is 5.97. The lowest BCUT2D eigenvalue weighted by molar-refractivity contribution is -0.130. The third-order valence-electron chi connectivity index (χ3n) is 2.95. The summed E-state index contributed by atoms with van der Waals surface area (Å²) in [5.41, 5.74) is 7.01. The zero-order valence-corrected chi connectivity index (χ0v) is 11.0. The van der Waals surface area contributed by atoms with Gasteiger partial charge in [0.2, 0.25) is 5.91 Å². The van der Waals surface area contributed by atoms with E-state index in [0.717, 1.165) is 18.4 Å². The Balaban J connectivity index is 0.00000162. The van der Waals surface area contributed by atoms with Crippen LogP contribution < -0.4 is 11.1 Å². The van der Waals surface area contributed by atoms with Crippen LogP contribution in [0.2, 0.25) is 0 Å². The predicted molar refractivity (Wildman–Crippen MR) is 72.6 cm³/mol. The topological polar surface area (TPSA) is 64.3 Å². The number of amides is 1. The summed E-state index contributed by atoms with van der Waals surface area (Å²) >= 11 is 0. The van der Waals surface area contributed by atoms with Crippen molar-refractivity contribution in [3.05, 3.63) is 35.9 Å². The molecule has 0 aliphatic carbocycles. The highest BCUT2D eigenvalue weighted by Gasteiger charge is 2.23. The monoisotopic (exact) mass is 270 g/mol. The lowest BCUT2D eigenvalue weighted by atomic mass is 10.1. The van der Waals surface area contributed by atoms with Gasteiger partial charge in [0.05, 0.1) is 0 Å². The van der Waals surface area contributed by atoms with Crippen molar-refractivity contribution < 1.29 is 9.53 Å². The first-order chi connectivity index (χ1) is 8.27. The van der Waals surface area contributed by atoms with E-state index in [1.54, 1.807) is 0 Å². The fraction of sp³-hybridized carbons (Fsp3) is 0.462. The second-order valence-corrected chi connectivity index (χ2v) is 4.26. The number of carbonyl (C=O) groups is 1. The smallest absolute Gasteiger partial charge is 0.249 e. The Morgan fingerprint density at radius 2 is 2.17 bits per heavy atom. The van der Waals surface area contributed by atoms with Gasteiger partial charge < -0.3 is 15.8 Å². The second kappa shape index (κ2) is 7.36. The molecule has 0 saturated carbocycles. The summed E-state index contributed by atoms with van der Waals surface area (Å²) in [6.45, 7) is 1.13. The molecule has 18 heavy (non-hydrogen) atoms. The largest absolute Gasteiger partial charge is 0.368 e. The van der Waals surface area contributed by atoms with Crippen molar-refractivity contribution in [1.29, 1.82) is 0 Å². The molecule has 1 unspecified atom stereocenters. The van der Waals surface area contributed by atoms with Crippen LogP contribution in [0.4, 0.5) is 0 Å². The Morgan fingerprint density at radius 3 is 2.78 bits per heavy atom. The van der Waals surface area contributed by atoms with E-state index in [9.17, 15) is 4.79 Å². The van der Waals surface area contributed by atoms with Gasteiger partial charge in [0, 0.05) is 19.2 Å². The standard InChI is InChI=1S/C13H18N2O2.ClH/c14-11(10-5-2-1-3-6-10)9-15-13(16)12-7-4-8-17-12;/h1-3,5-6,11-12H,4,7-9,14H2,(H,15,16);1H/t11?,12-;/m0./s1. The highest BCUT2D eigenvalue weighted by Crippen LogP contribution is 2.12. The lowest BCUT2D eigenvalue weighted by Crippen LogP contribution is -2.38. The Labute approximate surface area is 113 Å². The van der Waals surface area contributed by atoms with Gasteiger partial charge in [0.15, 0.2) is 0 Å². The third-order valence-corrected chi connectivity index (χ3v) is 2.95. The van der Waals surface area contributed by atoms with Crippen molar-refractivity contribution in [2.24, 2.45) is 5.73 Å². The molecular formula is C13H19ClN2O2. The number of hydrogen-bond donors (Lipinski definition) is 2. The van der Waals surface area contributed by atoms with Gasteiger partial charge in [-0.25, -0.2) is 0 Å². The SMILES string of the molecule is Cl.NC(CNC(=O)[C@@H]1CCCO1)c1ccccc1. The number of hydrogen-bond acceptors (Lipinski definition) is 3. The summed E-state index contributed by atoms with van der Waals surface area (Å²) in [5, 5.41) is 2.83. The minimum absolute atomic E-state index is 0. The Bertz CT molecular complexity index is 367. The van der Waals surface area contributed by atoms with Gasteiger partial charge in [-0.3, -0.25) is 4.79 Å². The van der Waals surface area contributed by atoms with E-state index in [-0.39, 0.29) is 30.5 Å². The number of halogens is 1. The van der Waals surface area contributed by atoms with E-state index in [4.69, 9.17) is 10.5 Å². The fourth-order valence-corrected chi connectivity index (χ4v) is 1.93. The number of nitrogens with two attached hydrogens (primary N) is 1. The van der Waals surface area contributed by atoms with Crippen molar-refractivity contribution in [3.63, 3.8) is 0 Å². The maximum atomic E-state index is 11.7. The lowest BCUT2D eigenvalue weighted by Gasteiger charge is -2.15. The van der Waals surface area contributed by atoms with Gasteiger partial charge in [-0.05, 0) is 18.4 Å². The molecule has 2 atom stereocenters. The molecule has 0 radical (unpaired) electrons. The van der Waals surface area contributed by atoms with Crippen LogP contribution in [-0.4, -0.2) is 25.2 Å². The molecule has 1 amide bonds. The molecule has 0 aromatic heterocycles. The normalized spacial score (nSPS) is 19.9. The van der Waals surface area contributed by atoms with E-state index >= 15 is 0 Å². The predicted octanol–water partition coefficient (Wildman–Crippen LogP) is 1.40. The highest BCUT2D eigenvalue weighted by molar-refractivity contribution is 5.85. The fourth-order valence-electron chi connectivity index (χ4n) is 1.93. The molecule has 1 aliphatic heterocycles. The Hall–Kier alpha value is -1.10. The van der Waals surface area contributed by atoms with Gasteiger partial charge in [-0.2, -0.15) is 0 Å². The van der Waals surface area contributed by atoms with Crippen LogP contribution in [0.3, 0.4) is 0 Å². The molecule has 4 nitrogen and oxygen atoms in total. The minimum Gasteiger partial charge on any atom is -0.368 e. The molecule has 1 aromatic rings. The van der Waals surface area contributed by atoms with Crippen LogP contribution >= 0.6 is 12.4 Å². The van der Waals surface area contributed by atoms with Crippen LogP contribution in [-0.2, 0) is 9.53 Å².